The molecular weight excluding hydrogens is 892 g/mol. The predicted octanol–water partition coefficient (Wildman–Crippen LogP) is 7.05. The van der Waals surface area contributed by atoms with Crippen LogP contribution in [0.3, 0.4) is 0 Å². The Balaban J connectivity index is 1.29. The van der Waals surface area contributed by atoms with Gasteiger partial charge in [0, 0.05) is 74.8 Å². The predicted molar refractivity (Wildman–Crippen MR) is 255 cm³/mol. The van der Waals surface area contributed by atoms with E-state index in [4.69, 9.17) is 14.5 Å². The summed E-state index contributed by atoms with van der Waals surface area (Å²) in [5.74, 6) is -7.95. The highest BCUT2D eigenvalue weighted by molar-refractivity contribution is 5.96. The number of pyridine rings is 1. The smallest absolute Gasteiger partial charge is 0.394 e. The van der Waals surface area contributed by atoms with Crippen molar-refractivity contribution in [3.63, 3.8) is 0 Å². The number of halogens is 3. The van der Waals surface area contributed by atoms with E-state index < -0.39 is 90.2 Å². The summed E-state index contributed by atoms with van der Waals surface area (Å²) < 4.78 is 57.3. The van der Waals surface area contributed by atoms with E-state index >= 15 is 0 Å². The Morgan fingerprint density at radius 2 is 1.81 bits per heavy atom. The van der Waals surface area contributed by atoms with Gasteiger partial charge < -0.3 is 29.2 Å². The van der Waals surface area contributed by atoms with Gasteiger partial charge in [-0.2, -0.15) is 13.2 Å². The van der Waals surface area contributed by atoms with Gasteiger partial charge in [-0.3, -0.25) is 34.0 Å². The maximum Gasteiger partial charge on any atom is 0.394 e. The van der Waals surface area contributed by atoms with Crippen LogP contribution in [0.4, 0.5) is 13.2 Å². The van der Waals surface area contributed by atoms with Gasteiger partial charge in [0.2, 0.25) is 17.7 Å². The summed E-state index contributed by atoms with van der Waals surface area (Å²) in [6.45, 7) is 14.6. The molecule has 6 atom stereocenters. The topological polar surface area (TPSA) is 155 Å². The van der Waals surface area contributed by atoms with Crippen LogP contribution < -0.4 is 10.7 Å². The van der Waals surface area contributed by atoms with E-state index in [1.54, 1.807) is 27.2 Å². The lowest BCUT2D eigenvalue weighted by atomic mass is 9.84. The number of carbonyl (C=O) groups is 5. The van der Waals surface area contributed by atoms with Gasteiger partial charge in [0.05, 0.1) is 35.9 Å². The van der Waals surface area contributed by atoms with Gasteiger partial charge in [0.1, 0.15) is 18.1 Å². The average Bonchev–Trinajstić information content (AvgIpc) is 3.92. The van der Waals surface area contributed by atoms with Crippen molar-refractivity contribution in [1.29, 1.82) is 0 Å². The minimum absolute atomic E-state index is 0.00884. The number of aryl methyl sites for hydroxylation is 1. The van der Waals surface area contributed by atoms with Gasteiger partial charge >= 0.3 is 12.1 Å². The number of methoxy groups -OCH3 is 1. The summed E-state index contributed by atoms with van der Waals surface area (Å²) in [5.41, 5.74) is 9.76. The molecule has 4 aromatic rings. The number of esters is 1. The van der Waals surface area contributed by atoms with Crippen LogP contribution >= 0.6 is 0 Å². The molecule has 2 fully saturated rings. The molecule has 0 unspecified atom stereocenters. The maximum absolute atomic E-state index is 14.7. The zero-order valence-corrected chi connectivity index (χ0v) is 40.7. The largest absolute Gasteiger partial charge is 0.464 e. The third-order valence-electron chi connectivity index (χ3n) is 13.8. The number of cyclic esters (lactones) is 1. The molecular formula is C52H64F3N7O7. The number of rotatable bonds is 10. The first-order valence-electron chi connectivity index (χ1n) is 23.7. The lowest BCUT2D eigenvalue weighted by Gasteiger charge is -2.37. The molecule has 2 aromatic carbocycles. The third kappa shape index (κ3) is 10.6. The number of nitrogens with one attached hydrogen (secondary N) is 2. The maximum atomic E-state index is 14.7. The summed E-state index contributed by atoms with van der Waals surface area (Å²) in [6, 6.07) is 14.5. The van der Waals surface area contributed by atoms with Gasteiger partial charge in [-0.05, 0) is 91.6 Å². The Hall–Kier alpha value is -6.07. The van der Waals surface area contributed by atoms with Crippen LogP contribution in [-0.4, -0.2) is 119 Å². The second-order valence-electron chi connectivity index (χ2n) is 19.7. The monoisotopic (exact) mass is 955 g/mol. The van der Waals surface area contributed by atoms with E-state index in [0.717, 1.165) is 60.4 Å². The molecule has 7 rings (SSSR count). The molecule has 0 radical (unpaired) electrons. The fourth-order valence-corrected chi connectivity index (χ4v) is 10.3. The number of hydrazine groups is 1. The number of alkyl halides is 3. The molecule has 4 amide bonds. The molecule has 0 saturated carbocycles. The van der Waals surface area contributed by atoms with Crippen molar-refractivity contribution < 1.29 is 46.6 Å². The van der Waals surface area contributed by atoms with E-state index in [0.29, 0.717) is 31.4 Å². The van der Waals surface area contributed by atoms with Gasteiger partial charge in [-0.15, -0.1) is 0 Å². The molecule has 0 spiro atoms. The number of hydrogen-bond acceptors (Lipinski definition) is 9. The first-order valence-corrected chi connectivity index (χ1v) is 23.7. The lowest BCUT2D eigenvalue weighted by Crippen LogP contribution is -2.62. The van der Waals surface area contributed by atoms with E-state index in [-0.39, 0.29) is 25.7 Å². The highest BCUT2D eigenvalue weighted by Crippen LogP contribution is 2.43. The Bertz CT molecular complexity index is 2610. The normalized spacial score (nSPS) is 21.9. The molecule has 2 aromatic heterocycles. The van der Waals surface area contributed by atoms with Crippen molar-refractivity contribution in [2.45, 2.75) is 104 Å². The number of carbonyl (C=O) groups excluding carboxylic acids is 5. The first kappa shape index (κ1) is 50.8. The Labute approximate surface area is 401 Å². The quantitative estimate of drug-likeness (QED) is 0.126. The Morgan fingerprint density at radius 3 is 2.49 bits per heavy atom. The minimum atomic E-state index is -4.80. The van der Waals surface area contributed by atoms with Crippen LogP contribution in [0.5, 0.6) is 0 Å². The number of ether oxygens (including phenoxy) is 2. The van der Waals surface area contributed by atoms with Crippen molar-refractivity contribution >= 4 is 40.5 Å². The average molecular weight is 956 g/mol. The van der Waals surface area contributed by atoms with Crippen LogP contribution in [-0.2, 0) is 52.8 Å². The summed E-state index contributed by atoms with van der Waals surface area (Å²) >= 11 is 0. The number of fused-ring (bicyclic) bond motifs is 6. The molecule has 0 aliphatic carbocycles. The van der Waals surface area contributed by atoms with E-state index in [9.17, 15) is 37.1 Å². The molecule has 370 valence electrons. The summed E-state index contributed by atoms with van der Waals surface area (Å²) in [6.07, 6.45) is -1.07. The molecule has 3 aliphatic heterocycles. The fraction of sp³-hybridized carbons (Fsp3) is 0.500. The first-order chi connectivity index (χ1) is 32.7. The van der Waals surface area contributed by atoms with Gasteiger partial charge in [0.25, 0.3) is 5.91 Å². The standard InChI is InChI=1S/C52H64F3N7O7/c1-10-43(63)60-27-38(39(28-60)52(53,54)55)48(65)59(8)45(30(3)4)47(64)57-41-24-32-15-12-16-33(23-32)34-19-20-42-36(25-34)37(46(61(42)11-2)35-17-13-21-56-44(35)31(5)68-9)26-51(6,7)29-69-50(67)40-18-14-22-62(58-40)49(41)66/h10,12-13,15-17,19-21,23,25,30-31,38-41,45,58H,1,11,14,18,22,24,26-29H2,2-9H3,(H,57,64)/t31-,38-,39-,40-,41-,45-/m0/s1. The third-order valence-corrected chi connectivity index (χ3v) is 13.8. The van der Waals surface area contributed by atoms with Crippen molar-refractivity contribution in [2.24, 2.45) is 23.2 Å². The number of benzene rings is 2. The molecule has 69 heavy (non-hydrogen) atoms. The van der Waals surface area contributed by atoms with Crippen LogP contribution in [0.2, 0.25) is 0 Å². The van der Waals surface area contributed by atoms with Crippen molar-refractivity contribution in [1.82, 2.24) is 35.1 Å². The van der Waals surface area contributed by atoms with Crippen LogP contribution in [0.15, 0.2) is 73.4 Å². The molecule has 3 aliphatic rings. The number of aromatic nitrogens is 2. The summed E-state index contributed by atoms with van der Waals surface area (Å²) in [5, 5.41) is 5.21. The number of likely N-dealkylation sites (N-methyl/N-ethyl adjacent to an activating group) is 1. The number of hydrogen-bond donors (Lipinski definition) is 2. The number of likely N-dealkylation sites (tertiary alicyclic amines) is 1. The van der Waals surface area contributed by atoms with Gasteiger partial charge in [-0.1, -0.05) is 64.6 Å². The van der Waals surface area contributed by atoms with Crippen LogP contribution in [0.1, 0.15) is 77.3 Å². The fourth-order valence-electron chi connectivity index (χ4n) is 10.3. The van der Waals surface area contributed by atoms with Crippen molar-refractivity contribution in [2.75, 3.05) is 40.4 Å². The van der Waals surface area contributed by atoms with Crippen LogP contribution in [0.25, 0.3) is 33.3 Å². The zero-order chi connectivity index (χ0) is 50.1. The minimum Gasteiger partial charge on any atom is -0.464 e. The molecule has 6 bridgehead atoms. The van der Waals surface area contributed by atoms with Crippen molar-refractivity contribution in [3.8, 4) is 22.4 Å². The van der Waals surface area contributed by atoms with E-state index in [2.05, 4.69) is 66.9 Å². The summed E-state index contributed by atoms with van der Waals surface area (Å²) in [7, 11) is 2.93. The SMILES string of the molecule is C=CC(=O)N1C[C@H](C(=O)N(C)[C@H](C(=O)N[C@H]2Cc3cccc(c3)-c3ccc4c(c3)c(c(-c3cccnc3[C@H](C)OC)n4CC)CC(C)(C)COC(=O)[C@@H]3CCCN(N3)C2=O)C(C)C)[C@@H](C(F)(F)F)C1. The van der Waals surface area contributed by atoms with Gasteiger partial charge in [-0.25, -0.2) is 5.43 Å². The molecule has 17 heteroatoms. The molecule has 14 nitrogen and oxygen atoms in total. The summed E-state index contributed by atoms with van der Waals surface area (Å²) in [4.78, 5) is 76.4. The van der Waals surface area contributed by atoms with E-state index in [1.807, 2.05) is 37.3 Å². The lowest BCUT2D eigenvalue weighted by molar-refractivity contribution is -0.186. The second-order valence-corrected chi connectivity index (χ2v) is 19.7. The van der Waals surface area contributed by atoms with Crippen LogP contribution in [0, 0.1) is 23.2 Å². The Morgan fingerprint density at radius 1 is 1.07 bits per heavy atom. The highest BCUT2D eigenvalue weighted by Gasteiger charge is 2.54. The van der Waals surface area contributed by atoms with Crippen molar-refractivity contribution in [3.05, 3.63) is 90.3 Å². The Kier molecular flexibility index (Phi) is 15.1. The second kappa shape index (κ2) is 20.5. The number of amides is 4. The highest BCUT2D eigenvalue weighted by atomic mass is 19.4. The van der Waals surface area contributed by atoms with E-state index in [1.165, 1.54) is 12.1 Å². The molecule has 2 saturated heterocycles. The van der Waals surface area contributed by atoms with Gasteiger partial charge in [0.15, 0.2) is 0 Å². The zero-order valence-electron chi connectivity index (χ0n) is 40.7. The number of nitrogens with zero attached hydrogens (tertiary/aromatic N) is 5. The molecule has 5 heterocycles. The molecule has 2 N–H and O–H groups in total.